The fourth-order valence-corrected chi connectivity index (χ4v) is 4.09. The van der Waals surface area contributed by atoms with Gasteiger partial charge in [0.15, 0.2) is 0 Å². The molecular weight excluding hydrogens is 361 g/mol. The van der Waals surface area contributed by atoms with Crippen LogP contribution in [0.25, 0.3) is 10.9 Å². The predicted octanol–water partition coefficient (Wildman–Crippen LogP) is 1.95. The van der Waals surface area contributed by atoms with Gasteiger partial charge in [0.1, 0.15) is 11.6 Å². The summed E-state index contributed by atoms with van der Waals surface area (Å²) in [4.78, 5) is 28.1. The van der Waals surface area contributed by atoms with Crippen LogP contribution in [0.4, 0.5) is 4.39 Å². The van der Waals surface area contributed by atoms with Gasteiger partial charge in [-0.1, -0.05) is 6.92 Å². The molecule has 0 aliphatic carbocycles. The second kappa shape index (κ2) is 6.92. The molecule has 0 saturated carbocycles. The Hall–Kier alpha value is -2.90. The van der Waals surface area contributed by atoms with E-state index in [1.54, 1.807) is 11.6 Å². The fourth-order valence-electron chi connectivity index (χ4n) is 4.09. The van der Waals surface area contributed by atoms with Gasteiger partial charge in [-0.25, -0.2) is 13.9 Å². The number of aromatic nitrogens is 4. The van der Waals surface area contributed by atoms with Gasteiger partial charge in [-0.05, 0) is 43.0 Å². The van der Waals surface area contributed by atoms with Gasteiger partial charge in [-0.2, -0.15) is 5.10 Å². The molecule has 2 aromatic heterocycles. The molecule has 3 heterocycles. The van der Waals surface area contributed by atoms with E-state index in [-0.39, 0.29) is 29.9 Å². The first-order valence-corrected chi connectivity index (χ1v) is 9.59. The molecule has 1 aromatic carbocycles. The number of H-pyrrole nitrogens is 1. The van der Waals surface area contributed by atoms with Crippen LogP contribution < -0.4 is 11.0 Å². The number of aryl methyl sites for hydroxylation is 4. The summed E-state index contributed by atoms with van der Waals surface area (Å²) in [5, 5.41) is 7.97. The van der Waals surface area contributed by atoms with E-state index >= 15 is 0 Å². The third-order valence-electron chi connectivity index (χ3n) is 5.70. The molecular formula is C20H24FN5O2. The first-order valence-electron chi connectivity index (χ1n) is 9.59. The third-order valence-corrected chi connectivity index (χ3v) is 5.70. The van der Waals surface area contributed by atoms with Crippen molar-refractivity contribution < 1.29 is 9.18 Å². The molecule has 0 unspecified atom stereocenters. The molecule has 1 atom stereocenters. The lowest BCUT2D eigenvalue weighted by Crippen LogP contribution is -2.38. The first kappa shape index (κ1) is 18.5. The molecule has 0 bridgehead atoms. The Bertz CT molecular complexity index is 1120. The minimum Gasteiger partial charge on any atom is -0.358 e. The molecule has 0 radical (unpaired) electrons. The molecule has 0 saturated heterocycles. The van der Waals surface area contributed by atoms with Gasteiger partial charge >= 0.3 is 5.69 Å². The van der Waals surface area contributed by atoms with E-state index in [0.29, 0.717) is 19.4 Å². The Morgan fingerprint density at radius 1 is 1.43 bits per heavy atom. The van der Waals surface area contributed by atoms with Crippen LogP contribution in [0.1, 0.15) is 36.0 Å². The molecule has 3 aromatic rings. The number of carbonyl (C=O) groups excluding carboxylic acids is 1. The van der Waals surface area contributed by atoms with Crippen molar-refractivity contribution in [3.8, 4) is 0 Å². The molecule has 148 valence electrons. The second-order valence-corrected chi connectivity index (χ2v) is 7.46. The van der Waals surface area contributed by atoms with Gasteiger partial charge in [0.25, 0.3) is 0 Å². The minimum atomic E-state index is -0.314. The summed E-state index contributed by atoms with van der Waals surface area (Å²) in [7, 11) is 1.61. The number of nitrogens with one attached hydrogen (secondary N) is 2. The van der Waals surface area contributed by atoms with Crippen LogP contribution in [-0.4, -0.2) is 25.2 Å². The van der Waals surface area contributed by atoms with E-state index in [1.165, 1.54) is 16.8 Å². The number of benzene rings is 1. The zero-order chi connectivity index (χ0) is 20.0. The van der Waals surface area contributed by atoms with Gasteiger partial charge in [-0.15, -0.1) is 0 Å². The lowest BCUT2D eigenvalue weighted by Gasteiger charge is -2.21. The summed E-state index contributed by atoms with van der Waals surface area (Å²) in [5.74, 6) is -0.0177. The number of rotatable bonds is 4. The molecule has 0 fully saturated rings. The van der Waals surface area contributed by atoms with E-state index < -0.39 is 0 Å². The van der Waals surface area contributed by atoms with Gasteiger partial charge in [-0.3, -0.25) is 9.36 Å². The van der Waals surface area contributed by atoms with Gasteiger partial charge < -0.3 is 10.3 Å². The van der Waals surface area contributed by atoms with Crippen molar-refractivity contribution in [1.29, 1.82) is 0 Å². The van der Waals surface area contributed by atoms with Crippen LogP contribution >= 0.6 is 0 Å². The Labute approximate surface area is 161 Å². The largest absolute Gasteiger partial charge is 0.358 e. The standard InChI is InChI=1S/C20H24FN5O2/c1-4-16-11(2)15-8-14(21)7-13(18(15)23-16)9-22-19(27)12-5-6-17-24-25(3)20(28)26(17)10-12/h7-8,12,23H,4-6,9-10H2,1-3H3,(H,22,27)/t12-/m0/s1. The van der Waals surface area contributed by atoms with Crippen molar-refractivity contribution in [3.63, 3.8) is 0 Å². The highest BCUT2D eigenvalue weighted by atomic mass is 19.1. The van der Waals surface area contributed by atoms with Crippen molar-refractivity contribution in [2.24, 2.45) is 13.0 Å². The minimum absolute atomic E-state index is 0.127. The topological polar surface area (TPSA) is 84.7 Å². The van der Waals surface area contributed by atoms with Crippen LogP contribution in [0.15, 0.2) is 16.9 Å². The molecule has 1 amide bonds. The number of nitrogens with zero attached hydrogens (tertiary/aromatic N) is 3. The van der Waals surface area contributed by atoms with E-state index in [0.717, 1.165) is 40.0 Å². The number of amides is 1. The molecule has 7 nitrogen and oxygen atoms in total. The average Bonchev–Trinajstić information content (AvgIpc) is 3.15. The molecule has 1 aliphatic heterocycles. The summed E-state index contributed by atoms with van der Waals surface area (Å²) >= 11 is 0. The van der Waals surface area contributed by atoms with E-state index in [9.17, 15) is 14.0 Å². The molecule has 8 heteroatoms. The summed E-state index contributed by atoms with van der Waals surface area (Å²) in [5.41, 5.74) is 3.50. The van der Waals surface area contributed by atoms with E-state index in [2.05, 4.69) is 15.4 Å². The fraction of sp³-hybridized carbons (Fsp3) is 0.450. The molecule has 1 aliphatic rings. The monoisotopic (exact) mass is 385 g/mol. The Morgan fingerprint density at radius 2 is 2.21 bits per heavy atom. The summed E-state index contributed by atoms with van der Waals surface area (Å²) in [6.07, 6.45) is 2.06. The van der Waals surface area contributed by atoms with Gasteiger partial charge in [0, 0.05) is 37.6 Å². The third kappa shape index (κ3) is 3.02. The maximum atomic E-state index is 14.1. The maximum absolute atomic E-state index is 14.1. The maximum Gasteiger partial charge on any atom is 0.345 e. The average molecular weight is 385 g/mol. The predicted molar refractivity (Wildman–Crippen MR) is 103 cm³/mol. The van der Waals surface area contributed by atoms with Crippen LogP contribution in [0.2, 0.25) is 0 Å². The summed E-state index contributed by atoms with van der Waals surface area (Å²) in [6.45, 7) is 4.59. The molecule has 28 heavy (non-hydrogen) atoms. The number of fused-ring (bicyclic) bond motifs is 2. The highest BCUT2D eigenvalue weighted by molar-refractivity contribution is 5.88. The molecule has 4 rings (SSSR count). The van der Waals surface area contributed by atoms with Crippen LogP contribution in [-0.2, 0) is 37.8 Å². The quantitative estimate of drug-likeness (QED) is 0.720. The Kier molecular flexibility index (Phi) is 4.56. The van der Waals surface area contributed by atoms with Gasteiger partial charge in [0.2, 0.25) is 5.91 Å². The SMILES string of the molecule is CCc1[nH]c2c(CNC(=O)[C@H]3CCc4nn(C)c(=O)n4C3)cc(F)cc2c1C. The first-order chi connectivity index (χ1) is 13.4. The van der Waals surface area contributed by atoms with Crippen LogP contribution in [0.5, 0.6) is 0 Å². The number of carbonyl (C=O) groups is 1. The van der Waals surface area contributed by atoms with Gasteiger partial charge in [0.05, 0.1) is 11.4 Å². The van der Waals surface area contributed by atoms with E-state index in [4.69, 9.17) is 0 Å². The highest BCUT2D eigenvalue weighted by Gasteiger charge is 2.27. The van der Waals surface area contributed by atoms with E-state index in [1.807, 2.05) is 13.8 Å². The van der Waals surface area contributed by atoms with Crippen molar-refractivity contribution in [2.45, 2.75) is 46.2 Å². The van der Waals surface area contributed by atoms with Crippen molar-refractivity contribution >= 4 is 16.8 Å². The lowest BCUT2D eigenvalue weighted by molar-refractivity contribution is -0.126. The zero-order valence-corrected chi connectivity index (χ0v) is 16.3. The normalized spacial score (nSPS) is 16.4. The number of halogens is 1. The van der Waals surface area contributed by atoms with Crippen LogP contribution in [0.3, 0.4) is 0 Å². The number of hydrogen-bond donors (Lipinski definition) is 2. The highest BCUT2D eigenvalue weighted by Crippen LogP contribution is 2.26. The van der Waals surface area contributed by atoms with Crippen molar-refractivity contribution in [1.82, 2.24) is 24.6 Å². The Morgan fingerprint density at radius 3 is 2.96 bits per heavy atom. The Balaban J connectivity index is 1.53. The second-order valence-electron chi connectivity index (χ2n) is 7.46. The molecule has 2 N–H and O–H groups in total. The number of aromatic amines is 1. The zero-order valence-electron chi connectivity index (χ0n) is 16.3. The van der Waals surface area contributed by atoms with Crippen molar-refractivity contribution in [3.05, 3.63) is 51.1 Å². The lowest BCUT2D eigenvalue weighted by atomic mass is 9.98. The number of hydrogen-bond acceptors (Lipinski definition) is 3. The summed E-state index contributed by atoms with van der Waals surface area (Å²) in [6, 6.07) is 2.99. The van der Waals surface area contributed by atoms with Crippen molar-refractivity contribution in [2.75, 3.05) is 0 Å². The van der Waals surface area contributed by atoms with Crippen LogP contribution in [0, 0.1) is 18.7 Å². The smallest absolute Gasteiger partial charge is 0.345 e. The molecule has 0 spiro atoms. The summed E-state index contributed by atoms with van der Waals surface area (Å²) < 4.78 is 17.0.